The first-order chi connectivity index (χ1) is 9.09. The number of cyclic esters (lactones) is 1. The predicted octanol–water partition coefficient (Wildman–Crippen LogP) is 1.83. The molecule has 19 heavy (non-hydrogen) atoms. The van der Waals surface area contributed by atoms with Crippen molar-refractivity contribution in [3.8, 4) is 0 Å². The van der Waals surface area contributed by atoms with Gasteiger partial charge in [-0.25, -0.2) is 0 Å². The second-order valence-electron chi connectivity index (χ2n) is 5.28. The Morgan fingerprint density at radius 2 is 2.16 bits per heavy atom. The van der Waals surface area contributed by atoms with Crippen molar-refractivity contribution in [2.75, 3.05) is 13.2 Å². The lowest BCUT2D eigenvalue weighted by atomic mass is 10.0. The van der Waals surface area contributed by atoms with Gasteiger partial charge in [0.2, 0.25) is 0 Å². The number of likely N-dealkylation sites (tertiary alicyclic amines) is 1. The molecule has 2 fully saturated rings. The van der Waals surface area contributed by atoms with Gasteiger partial charge in [-0.15, -0.1) is 0 Å². The molecule has 0 amide bonds. The van der Waals surface area contributed by atoms with Crippen LogP contribution in [0.3, 0.4) is 0 Å². The number of ether oxygens (including phenoxy) is 1. The molecule has 0 N–H and O–H groups in total. The van der Waals surface area contributed by atoms with Gasteiger partial charge in [0.05, 0.1) is 12.3 Å². The van der Waals surface area contributed by atoms with E-state index in [0.717, 1.165) is 37.1 Å². The van der Waals surface area contributed by atoms with Crippen molar-refractivity contribution in [3.63, 3.8) is 0 Å². The highest BCUT2D eigenvalue weighted by molar-refractivity contribution is 6.30. The van der Waals surface area contributed by atoms with Gasteiger partial charge >= 0.3 is 5.97 Å². The molecule has 3 rings (SSSR count). The molecule has 0 saturated carbocycles. The maximum absolute atomic E-state index is 11.8. The number of esters is 1. The highest BCUT2D eigenvalue weighted by Gasteiger charge is 2.41. The molecular formula is C13H18ClN3O2. The summed E-state index contributed by atoms with van der Waals surface area (Å²) >= 11 is 6.36. The maximum atomic E-state index is 11.8. The molecule has 0 unspecified atom stereocenters. The van der Waals surface area contributed by atoms with Gasteiger partial charge in [0.15, 0.2) is 0 Å². The van der Waals surface area contributed by atoms with E-state index in [2.05, 4.69) is 10.00 Å². The summed E-state index contributed by atoms with van der Waals surface area (Å²) in [5.41, 5.74) is 2.03. The van der Waals surface area contributed by atoms with Gasteiger partial charge in [0, 0.05) is 25.1 Å². The van der Waals surface area contributed by atoms with Crippen LogP contribution in [-0.2, 0) is 16.6 Å². The van der Waals surface area contributed by atoms with Crippen molar-refractivity contribution in [1.29, 1.82) is 0 Å². The molecule has 0 aromatic carbocycles. The van der Waals surface area contributed by atoms with Crippen molar-refractivity contribution in [2.45, 2.75) is 38.3 Å². The average Bonchev–Trinajstić information content (AvgIpc) is 3.02. The van der Waals surface area contributed by atoms with Crippen LogP contribution in [0.5, 0.6) is 0 Å². The molecule has 2 atom stereocenters. The fraction of sp³-hybridized carbons (Fsp3) is 0.692. The average molecular weight is 284 g/mol. The summed E-state index contributed by atoms with van der Waals surface area (Å²) in [6, 6.07) is 0.0834. The number of halogens is 1. The van der Waals surface area contributed by atoms with Crippen LogP contribution in [-0.4, -0.2) is 39.8 Å². The summed E-state index contributed by atoms with van der Waals surface area (Å²) in [7, 11) is 1.85. The van der Waals surface area contributed by atoms with Crippen LogP contribution in [0.4, 0.5) is 0 Å². The van der Waals surface area contributed by atoms with Crippen LogP contribution >= 0.6 is 11.6 Å². The number of rotatable bonds is 2. The third-order valence-electron chi connectivity index (χ3n) is 4.13. The number of hydrogen-bond donors (Lipinski definition) is 0. The second kappa shape index (κ2) is 4.80. The molecular weight excluding hydrogens is 266 g/mol. The largest absolute Gasteiger partial charge is 0.464 e. The molecule has 3 heterocycles. The van der Waals surface area contributed by atoms with E-state index in [4.69, 9.17) is 16.3 Å². The Hall–Kier alpha value is -1.07. The molecule has 0 aliphatic carbocycles. The van der Waals surface area contributed by atoms with Gasteiger partial charge in [-0.3, -0.25) is 14.4 Å². The van der Waals surface area contributed by atoms with Crippen molar-refractivity contribution in [3.05, 3.63) is 16.4 Å². The molecule has 2 aliphatic heterocycles. The number of aryl methyl sites for hydroxylation is 2. The highest BCUT2D eigenvalue weighted by Crippen LogP contribution is 2.39. The van der Waals surface area contributed by atoms with Crippen molar-refractivity contribution < 1.29 is 9.53 Å². The van der Waals surface area contributed by atoms with Crippen molar-refractivity contribution in [2.24, 2.45) is 7.05 Å². The summed E-state index contributed by atoms with van der Waals surface area (Å²) in [6.45, 7) is 3.44. The molecule has 5 nitrogen and oxygen atoms in total. The SMILES string of the molecule is Cc1nn(C)c(Cl)c1[C@H]1CCCN1[C@H]1CCOC1=O. The first-order valence-electron chi connectivity index (χ1n) is 6.71. The zero-order chi connectivity index (χ0) is 13.6. The molecule has 1 aromatic heterocycles. The fourth-order valence-electron chi connectivity index (χ4n) is 3.28. The van der Waals surface area contributed by atoms with Crippen molar-refractivity contribution in [1.82, 2.24) is 14.7 Å². The Morgan fingerprint density at radius 1 is 1.37 bits per heavy atom. The van der Waals surface area contributed by atoms with Gasteiger partial charge in [0.25, 0.3) is 0 Å². The van der Waals surface area contributed by atoms with Gasteiger partial charge in [-0.1, -0.05) is 11.6 Å². The smallest absolute Gasteiger partial charge is 0.323 e. The van der Waals surface area contributed by atoms with E-state index in [0.29, 0.717) is 11.8 Å². The van der Waals surface area contributed by atoms with Crippen LogP contribution in [0.15, 0.2) is 0 Å². The lowest BCUT2D eigenvalue weighted by molar-refractivity contribution is -0.142. The minimum Gasteiger partial charge on any atom is -0.464 e. The number of hydrogen-bond acceptors (Lipinski definition) is 4. The van der Waals surface area contributed by atoms with Crippen LogP contribution in [0.1, 0.15) is 36.6 Å². The first kappa shape index (κ1) is 12.9. The Balaban J connectivity index is 1.93. The van der Waals surface area contributed by atoms with Gasteiger partial charge in [0.1, 0.15) is 11.2 Å². The number of carbonyl (C=O) groups is 1. The van der Waals surface area contributed by atoms with Gasteiger partial charge < -0.3 is 4.74 Å². The fourth-order valence-corrected chi connectivity index (χ4v) is 3.58. The summed E-state index contributed by atoms with van der Waals surface area (Å²) in [6.07, 6.45) is 2.89. The normalized spacial score (nSPS) is 28.1. The van der Waals surface area contributed by atoms with Crippen LogP contribution in [0.25, 0.3) is 0 Å². The monoisotopic (exact) mass is 283 g/mol. The van der Waals surface area contributed by atoms with E-state index in [-0.39, 0.29) is 18.1 Å². The third-order valence-corrected chi connectivity index (χ3v) is 4.58. The molecule has 1 aromatic rings. The highest BCUT2D eigenvalue weighted by atomic mass is 35.5. The molecule has 0 bridgehead atoms. The molecule has 6 heteroatoms. The second-order valence-corrected chi connectivity index (χ2v) is 5.64. The summed E-state index contributed by atoms with van der Waals surface area (Å²) in [5, 5.41) is 5.06. The molecule has 0 spiro atoms. The minimum atomic E-state index is -0.108. The maximum Gasteiger partial charge on any atom is 0.323 e. The molecule has 104 valence electrons. The number of aromatic nitrogens is 2. The lowest BCUT2D eigenvalue weighted by Crippen LogP contribution is -2.38. The van der Waals surface area contributed by atoms with Gasteiger partial charge in [-0.2, -0.15) is 5.10 Å². The van der Waals surface area contributed by atoms with Crippen molar-refractivity contribution >= 4 is 17.6 Å². The summed E-state index contributed by atoms with van der Waals surface area (Å²) in [5.74, 6) is -0.0930. The van der Waals surface area contributed by atoms with E-state index in [1.807, 2.05) is 14.0 Å². The first-order valence-corrected chi connectivity index (χ1v) is 7.08. The Kier molecular flexibility index (Phi) is 3.27. The Labute approximate surface area is 117 Å². The van der Waals surface area contributed by atoms with E-state index in [1.165, 1.54) is 0 Å². The summed E-state index contributed by atoms with van der Waals surface area (Å²) < 4.78 is 6.80. The van der Waals surface area contributed by atoms with E-state index in [9.17, 15) is 4.79 Å². The Bertz CT molecular complexity index is 514. The standard InChI is InChI=1S/C13H18ClN3O2/c1-8-11(12(14)16(2)15-8)9-4-3-6-17(9)10-5-7-19-13(10)18/h9-10H,3-7H2,1-2H3/t9-,10+/m1/s1. The van der Waals surface area contributed by atoms with E-state index < -0.39 is 0 Å². The molecule has 0 radical (unpaired) electrons. The lowest BCUT2D eigenvalue weighted by Gasteiger charge is -2.28. The quantitative estimate of drug-likeness (QED) is 0.777. The van der Waals surface area contributed by atoms with E-state index in [1.54, 1.807) is 4.68 Å². The zero-order valence-electron chi connectivity index (χ0n) is 11.2. The third kappa shape index (κ3) is 2.05. The van der Waals surface area contributed by atoms with Gasteiger partial charge in [-0.05, 0) is 26.3 Å². The molecule has 2 saturated heterocycles. The van der Waals surface area contributed by atoms with Crippen LogP contribution in [0, 0.1) is 6.92 Å². The minimum absolute atomic E-state index is 0.0930. The number of nitrogens with zero attached hydrogens (tertiary/aromatic N) is 3. The molecule has 2 aliphatic rings. The van der Waals surface area contributed by atoms with Crippen LogP contribution in [0.2, 0.25) is 5.15 Å². The predicted molar refractivity (Wildman–Crippen MR) is 71.0 cm³/mol. The summed E-state index contributed by atoms with van der Waals surface area (Å²) in [4.78, 5) is 14.0. The van der Waals surface area contributed by atoms with E-state index >= 15 is 0 Å². The van der Waals surface area contributed by atoms with Crippen LogP contribution < -0.4 is 0 Å². The number of carbonyl (C=O) groups excluding carboxylic acids is 1. The topological polar surface area (TPSA) is 47.4 Å². The Morgan fingerprint density at radius 3 is 2.74 bits per heavy atom. The zero-order valence-corrected chi connectivity index (χ0v) is 12.0.